The summed E-state index contributed by atoms with van der Waals surface area (Å²) in [4.78, 5) is 3.68. The molecule has 1 aliphatic heterocycles. The summed E-state index contributed by atoms with van der Waals surface area (Å²) in [6.07, 6.45) is 0.354. The van der Waals surface area contributed by atoms with E-state index in [1.807, 2.05) is 6.07 Å². The maximum absolute atomic E-state index is 13.7. The van der Waals surface area contributed by atoms with Crippen molar-refractivity contribution in [2.45, 2.75) is 32.9 Å². The molecule has 1 aromatic heterocycles. The zero-order valence-corrected chi connectivity index (χ0v) is 12.5. The summed E-state index contributed by atoms with van der Waals surface area (Å²) in [6.45, 7) is 5.21. The molecule has 0 amide bonds. The van der Waals surface area contributed by atoms with Gasteiger partial charge in [-0.1, -0.05) is 0 Å². The summed E-state index contributed by atoms with van der Waals surface area (Å²) in [6, 6.07) is 5.48. The fraction of sp³-hybridized carbons (Fsp3) is 0.375. The van der Waals surface area contributed by atoms with Gasteiger partial charge in [-0.3, -0.25) is 0 Å². The average Bonchev–Trinajstić information content (AvgIpc) is 2.88. The molecule has 0 bridgehead atoms. The van der Waals surface area contributed by atoms with Crippen LogP contribution < -0.4 is 4.90 Å². The maximum Gasteiger partial charge on any atom is 0.126 e. The van der Waals surface area contributed by atoms with E-state index in [1.165, 1.54) is 16.5 Å². The van der Waals surface area contributed by atoms with Gasteiger partial charge in [-0.2, -0.15) is 0 Å². The molecule has 1 aromatic carbocycles. The first kappa shape index (κ1) is 13.6. The Morgan fingerprint density at radius 2 is 2.20 bits per heavy atom. The predicted molar refractivity (Wildman–Crippen MR) is 80.8 cm³/mol. The summed E-state index contributed by atoms with van der Waals surface area (Å²) in [5.74, 6) is -0.252. The molecule has 0 aliphatic carbocycles. The van der Waals surface area contributed by atoms with Crippen molar-refractivity contribution >= 4 is 17.0 Å². The van der Waals surface area contributed by atoms with Crippen molar-refractivity contribution in [3.63, 3.8) is 0 Å². The number of thiophene rings is 1. The van der Waals surface area contributed by atoms with Crippen molar-refractivity contribution < 1.29 is 9.50 Å². The topological polar surface area (TPSA) is 23.5 Å². The Labute approximate surface area is 122 Å². The molecule has 0 saturated heterocycles. The molecule has 1 N–H and O–H groups in total. The van der Waals surface area contributed by atoms with E-state index in [0.29, 0.717) is 11.1 Å². The largest absolute Gasteiger partial charge is 0.389 e. The van der Waals surface area contributed by atoms with Crippen molar-refractivity contribution in [3.8, 4) is 0 Å². The summed E-state index contributed by atoms with van der Waals surface area (Å²) in [7, 11) is 0. The minimum absolute atomic E-state index is 0.252. The number of rotatable bonds is 2. The van der Waals surface area contributed by atoms with Crippen LogP contribution in [0.2, 0.25) is 0 Å². The zero-order valence-electron chi connectivity index (χ0n) is 11.7. The highest BCUT2D eigenvalue weighted by atomic mass is 32.1. The van der Waals surface area contributed by atoms with Crippen LogP contribution in [-0.4, -0.2) is 11.7 Å². The Morgan fingerprint density at radius 1 is 1.40 bits per heavy atom. The third kappa shape index (κ3) is 2.34. The lowest BCUT2D eigenvalue weighted by molar-refractivity contribution is 0.199. The minimum Gasteiger partial charge on any atom is -0.389 e. The van der Waals surface area contributed by atoms with Crippen molar-refractivity contribution in [2.24, 2.45) is 0 Å². The lowest BCUT2D eigenvalue weighted by Crippen LogP contribution is -2.30. The number of anilines is 1. The Bertz CT molecular complexity index is 635. The quantitative estimate of drug-likeness (QED) is 0.909. The van der Waals surface area contributed by atoms with Crippen LogP contribution in [0.5, 0.6) is 0 Å². The average molecular weight is 291 g/mol. The highest BCUT2D eigenvalue weighted by molar-refractivity contribution is 7.10. The fourth-order valence-corrected chi connectivity index (χ4v) is 3.63. The summed E-state index contributed by atoms with van der Waals surface area (Å²) >= 11 is 1.80. The fourth-order valence-electron chi connectivity index (χ4n) is 2.74. The van der Waals surface area contributed by atoms with Crippen LogP contribution in [0, 0.1) is 12.7 Å². The molecule has 106 valence electrons. The Balaban J connectivity index is 2.00. The number of hydrogen-bond donors (Lipinski definition) is 1. The van der Waals surface area contributed by atoms with Crippen LogP contribution in [0.1, 0.15) is 34.6 Å². The third-order valence-electron chi connectivity index (χ3n) is 3.91. The molecule has 1 unspecified atom stereocenters. The normalized spacial score (nSPS) is 16.1. The molecule has 0 spiro atoms. The summed E-state index contributed by atoms with van der Waals surface area (Å²) < 4.78 is 13.7. The second-order valence-corrected chi connectivity index (χ2v) is 6.38. The predicted octanol–water partition coefficient (Wildman–Crippen LogP) is 3.81. The summed E-state index contributed by atoms with van der Waals surface area (Å²) in [5, 5.41) is 12.0. The molecular weight excluding hydrogens is 273 g/mol. The van der Waals surface area contributed by atoms with Gasteiger partial charge >= 0.3 is 0 Å². The Hall–Kier alpha value is -1.39. The molecule has 1 aliphatic rings. The second kappa shape index (κ2) is 5.19. The van der Waals surface area contributed by atoms with E-state index in [-0.39, 0.29) is 5.82 Å². The van der Waals surface area contributed by atoms with Gasteiger partial charge in [0.25, 0.3) is 0 Å². The molecule has 2 aromatic rings. The van der Waals surface area contributed by atoms with E-state index in [4.69, 9.17) is 0 Å². The molecule has 2 nitrogen and oxygen atoms in total. The van der Waals surface area contributed by atoms with Crippen LogP contribution in [0.4, 0.5) is 10.1 Å². The van der Waals surface area contributed by atoms with Crippen LogP contribution in [-0.2, 0) is 13.0 Å². The standard InChI is InChI=1S/C16H18FNOS/c1-10-7-15(13(11(2)19)8-14(10)17)18-5-3-16-12(9-18)4-6-20-16/h4,6-8,11,19H,3,5,9H2,1-2H3. The number of aryl methyl sites for hydroxylation is 1. The van der Waals surface area contributed by atoms with E-state index < -0.39 is 6.10 Å². The van der Waals surface area contributed by atoms with Gasteiger partial charge in [0, 0.05) is 29.2 Å². The van der Waals surface area contributed by atoms with Gasteiger partial charge in [-0.15, -0.1) is 11.3 Å². The van der Waals surface area contributed by atoms with Gasteiger partial charge in [0.1, 0.15) is 5.82 Å². The summed E-state index contributed by atoms with van der Waals surface area (Å²) in [5.41, 5.74) is 3.60. The molecule has 1 atom stereocenters. The molecule has 2 heterocycles. The van der Waals surface area contributed by atoms with Crippen molar-refractivity contribution in [2.75, 3.05) is 11.4 Å². The van der Waals surface area contributed by atoms with Gasteiger partial charge in [0.2, 0.25) is 0 Å². The van der Waals surface area contributed by atoms with Gasteiger partial charge in [0.05, 0.1) is 6.10 Å². The third-order valence-corrected chi connectivity index (χ3v) is 4.93. The van der Waals surface area contributed by atoms with E-state index in [0.717, 1.165) is 25.2 Å². The van der Waals surface area contributed by atoms with E-state index >= 15 is 0 Å². The van der Waals surface area contributed by atoms with Gasteiger partial charge in [-0.05, 0) is 55.0 Å². The molecule has 3 rings (SSSR count). The number of nitrogens with zero attached hydrogens (tertiary/aromatic N) is 1. The Kier molecular flexibility index (Phi) is 3.52. The van der Waals surface area contributed by atoms with E-state index in [9.17, 15) is 9.50 Å². The van der Waals surface area contributed by atoms with Gasteiger partial charge in [-0.25, -0.2) is 4.39 Å². The molecular formula is C16H18FNOS. The molecule has 0 radical (unpaired) electrons. The van der Waals surface area contributed by atoms with E-state index in [1.54, 1.807) is 25.2 Å². The maximum atomic E-state index is 13.7. The first-order valence-corrected chi connectivity index (χ1v) is 7.72. The van der Waals surface area contributed by atoms with Gasteiger partial charge in [0.15, 0.2) is 0 Å². The number of benzene rings is 1. The monoisotopic (exact) mass is 291 g/mol. The second-order valence-electron chi connectivity index (χ2n) is 5.38. The first-order valence-electron chi connectivity index (χ1n) is 6.84. The lowest BCUT2D eigenvalue weighted by atomic mass is 10.0. The van der Waals surface area contributed by atoms with Crippen LogP contribution in [0.3, 0.4) is 0 Å². The molecule has 0 saturated carbocycles. The molecule has 20 heavy (non-hydrogen) atoms. The smallest absolute Gasteiger partial charge is 0.126 e. The Morgan fingerprint density at radius 3 is 2.95 bits per heavy atom. The number of aliphatic hydroxyl groups excluding tert-OH is 1. The van der Waals surface area contributed by atoms with Crippen molar-refractivity contribution in [1.29, 1.82) is 0 Å². The first-order chi connectivity index (χ1) is 9.56. The molecule has 0 fully saturated rings. The minimum atomic E-state index is -0.663. The van der Waals surface area contributed by atoms with Crippen LogP contribution >= 0.6 is 11.3 Å². The number of halogens is 1. The van der Waals surface area contributed by atoms with Crippen LogP contribution in [0.25, 0.3) is 0 Å². The number of hydrogen-bond acceptors (Lipinski definition) is 3. The highest BCUT2D eigenvalue weighted by Gasteiger charge is 2.22. The number of aliphatic hydroxyl groups is 1. The van der Waals surface area contributed by atoms with Crippen LogP contribution in [0.15, 0.2) is 23.6 Å². The van der Waals surface area contributed by atoms with Crippen molar-refractivity contribution in [3.05, 3.63) is 51.0 Å². The molecule has 4 heteroatoms. The zero-order chi connectivity index (χ0) is 14.3. The van der Waals surface area contributed by atoms with Gasteiger partial charge < -0.3 is 10.0 Å². The number of fused-ring (bicyclic) bond motifs is 1. The lowest BCUT2D eigenvalue weighted by Gasteiger charge is -2.31. The van der Waals surface area contributed by atoms with Crippen molar-refractivity contribution in [1.82, 2.24) is 0 Å². The van der Waals surface area contributed by atoms with E-state index in [2.05, 4.69) is 16.3 Å². The highest BCUT2D eigenvalue weighted by Crippen LogP contribution is 2.33. The SMILES string of the molecule is Cc1cc(N2CCc3sccc3C2)c(C(C)O)cc1F.